The zero-order valence-electron chi connectivity index (χ0n) is 6.97. The van der Waals surface area contributed by atoms with Crippen molar-refractivity contribution in [2.45, 2.75) is 6.92 Å². The molecule has 0 atom stereocenters. The zero-order valence-corrected chi connectivity index (χ0v) is 9.37. The van der Waals surface area contributed by atoms with E-state index in [9.17, 15) is 0 Å². The van der Waals surface area contributed by atoms with Crippen molar-refractivity contribution in [1.29, 1.82) is 5.26 Å². The summed E-state index contributed by atoms with van der Waals surface area (Å²) in [5.41, 5.74) is 1.21. The van der Waals surface area contributed by atoms with E-state index in [0.717, 1.165) is 14.7 Å². The normalized spacial score (nSPS) is 10.2. The minimum Gasteiger partial charge on any atom is -0.192 e. The van der Waals surface area contributed by atoms with E-state index in [-0.39, 0.29) is 0 Å². The van der Waals surface area contributed by atoms with Crippen molar-refractivity contribution >= 4 is 37.4 Å². The number of aryl methyl sites for hydroxylation is 1. The number of benzene rings is 1. The molecule has 1 heterocycles. The van der Waals surface area contributed by atoms with Crippen LogP contribution in [-0.2, 0) is 0 Å². The molecule has 0 bridgehead atoms. The largest absolute Gasteiger partial charge is 0.192 e. The van der Waals surface area contributed by atoms with Crippen LogP contribution in [0.15, 0.2) is 22.7 Å². The summed E-state index contributed by atoms with van der Waals surface area (Å²) < 4.78 is 2.30. The van der Waals surface area contributed by atoms with Crippen LogP contribution in [0, 0.1) is 18.3 Å². The lowest BCUT2D eigenvalue weighted by Gasteiger charge is -1.97. The molecule has 0 saturated heterocycles. The van der Waals surface area contributed by atoms with Gasteiger partial charge in [-0.15, -0.1) is 11.3 Å². The third kappa shape index (κ3) is 1.37. The maximum absolute atomic E-state index is 8.75. The molecule has 0 aliphatic carbocycles. The van der Waals surface area contributed by atoms with Gasteiger partial charge in [0.05, 0.1) is 0 Å². The second-order valence-corrected chi connectivity index (χ2v) is 4.72. The molecule has 0 amide bonds. The first-order valence-corrected chi connectivity index (χ1v) is 5.42. The summed E-state index contributed by atoms with van der Waals surface area (Å²) in [7, 11) is 0. The average molecular weight is 252 g/mol. The Morgan fingerprint density at radius 2 is 2.23 bits per heavy atom. The SMILES string of the molecule is Cc1c(Br)ccc2cc(C#N)sc12. The van der Waals surface area contributed by atoms with Gasteiger partial charge in [-0.05, 0) is 30.0 Å². The third-order valence-electron chi connectivity index (χ3n) is 1.98. The van der Waals surface area contributed by atoms with Gasteiger partial charge in [-0.1, -0.05) is 22.0 Å². The molecule has 0 aliphatic heterocycles. The van der Waals surface area contributed by atoms with Crippen molar-refractivity contribution in [3.8, 4) is 6.07 Å². The highest BCUT2D eigenvalue weighted by atomic mass is 79.9. The molecule has 0 aliphatic rings. The van der Waals surface area contributed by atoms with E-state index in [1.807, 2.05) is 18.2 Å². The maximum atomic E-state index is 8.75. The molecule has 0 saturated carbocycles. The molecule has 0 fully saturated rings. The van der Waals surface area contributed by atoms with Crippen LogP contribution >= 0.6 is 27.3 Å². The standard InChI is InChI=1S/C10H6BrNS/c1-6-9(11)3-2-7-4-8(5-12)13-10(6)7/h2-4H,1H3. The highest BCUT2D eigenvalue weighted by molar-refractivity contribution is 9.10. The van der Waals surface area contributed by atoms with Crippen molar-refractivity contribution in [2.24, 2.45) is 0 Å². The summed E-state index contributed by atoms with van der Waals surface area (Å²) in [5, 5.41) is 9.90. The van der Waals surface area contributed by atoms with Gasteiger partial charge in [0, 0.05) is 9.17 Å². The van der Waals surface area contributed by atoms with Crippen molar-refractivity contribution < 1.29 is 0 Å². The van der Waals surface area contributed by atoms with E-state index in [4.69, 9.17) is 5.26 Å². The van der Waals surface area contributed by atoms with Gasteiger partial charge >= 0.3 is 0 Å². The Balaban J connectivity index is 2.86. The summed E-state index contributed by atoms with van der Waals surface area (Å²) >= 11 is 5.02. The summed E-state index contributed by atoms with van der Waals surface area (Å²) in [4.78, 5) is 0.774. The Hall–Kier alpha value is -0.850. The molecule has 0 N–H and O–H groups in total. The average Bonchev–Trinajstić information content (AvgIpc) is 2.55. The first-order valence-electron chi connectivity index (χ1n) is 3.81. The Morgan fingerprint density at radius 1 is 1.46 bits per heavy atom. The van der Waals surface area contributed by atoms with Crippen LogP contribution in [-0.4, -0.2) is 0 Å². The molecule has 0 radical (unpaired) electrons. The number of nitriles is 1. The molecule has 2 aromatic rings. The number of rotatable bonds is 0. The van der Waals surface area contributed by atoms with E-state index >= 15 is 0 Å². The van der Waals surface area contributed by atoms with Crippen molar-refractivity contribution in [3.63, 3.8) is 0 Å². The monoisotopic (exact) mass is 251 g/mol. The van der Waals surface area contributed by atoms with Crippen LogP contribution < -0.4 is 0 Å². The molecule has 13 heavy (non-hydrogen) atoms. The molecule has 3 heteroatoms. The second-order valence-electron chi connectivity index (χ2n) is 2.81. The van der Waals surface area contributed by atoms with E-state index in [1.165, 1.54) is 10.3 Å². The van der Waals surface area contributed by atoms with Crippen LogP contribution in [0.1, 0.15) is 10.4 Å². The smallest absolute Gasteiger partial charge is 0.110 e. The summed E-state index contributed by atoms with van der Waals surface area (Å²) in [6.07, 6.45) is 0. The molecule has 1 aromatic carbocycles. The first kappa shape index (κ1) is 8.74. The van der Waals surface area contributed by atoms with Gasteiger partial charge in [0.25, 0.3) is 0 Å². The van der Waals surface area contributed by atoms with Gasteiger partial charge in [0.15, 0.2) is 0 Å². The maximum Gasteiger partial charge on any atom is 0.110 e. The highest BCUT2D eigenvalue weighted by Gasteiger charge is 2.05. The van der Waals surface area contributed by atoms with Gasteiger partial charge in [-0.3, -0.25) is 0 Å². The van der Waals surface area contributed by atoms with Crippen molar-refractivity contribution in [2.75, 3.05) is 0 Å². The van der Waals surface area contributed by atoms with Crippen LogP contribution in [0.5, 0.6) is 0 Å². The van der Waals surface area contributed by atoms with Gasteiger partial charge in [0.2, 0.25) is 0 Å². The number of thiophene rings is 1. The van der Waals surface area contributed by atoms with Gasteiger partial charge in [-0.2, -0.15) is 5.26 Å². The summed E-state index contributed by atoms with van der Waals surface area (Å²) in [5.74, 6) is 0. The highest BCUT2D eigenvalue weighted by Crippen LogP contribution is 2.32. The fraction of sp³-hybridized carbons (Fsp3) is 0.100. The third-order valence-corrected chi connectivity index (χ3v) is 4.01. The Kier molecular flexibility index (Phi) is 2.10. The second kappa shape index (κ2) is 3.13. The number of hydrogen-bond acceptors (Lipinski definition) is 2. The molecule has 0 spiro atoms. The number of hydrogen-bond donors (Lipinski definition) is 0. The number of fused-ring (bicyclic) bond motifs is 1. The Bertz CT molecular complexity index is 507. The molecule has 64 valence electrons. The molecule has 2 rings (SSSR count). The van der Waals surface area contributed by atoms with Gasteiger partial charge in [-0.25, -0.2) is 0 Å². The fourth-order valence-corrected chi connectivity index (χ4v) is 2.69. The topological polar surface area (TPSA) is 23.8 Å². The summed E-state index contributed by atoms with van der Waals surface area (Å²) in [6.45, 7) is 2.06. The van der Waals surface area contributed by atoms with E-state index in [2.05, 4.69) is 28.9 Å². The van der Waals surface area contributed by atoms with Crippen LogP contribution in [0.25, 0.3) is 10.1 Å². The van der Waals surface area contributed by atoms with Crippen LogP contribution in [0.3, 0.4) is 0 Å². The predicted molar refractivity (Wildman–Crippen MR) is 59.0 cm³/mol. The predicted octanol–water partition coefficient (Wildman–Crippen LogP) is 3.84. The quantitative estimate of drug-likeness (QED) is 0.698. The van der Waals surface area contributed by atoms with E-state index < -0.39 is 0 Å². The minimum atomic E-state index is 0.774. The lowest BCUT2D eigenvalue weighted by molar-refractivity contribution is 1.51. The Labute approximate surface area is 88.7 Å². The van der Waals surface area contributed by atoms with E-state index in [1.54, 1.807) is 11.3 Å². The molecule has 1 aromatic heterocycles. The Morgan fingerprint density at radius 3 is 2.92 bits per heavy atom. The zero-order chi connectivity index (χ0) is 9.42. The molecular weight excluding hydrogens is 246 g/mol. The van der Waals surface area contributed by atoms with E-state index in [0.29, 0.717) is 0 Å². The number of nitrogens with zero attached hydrogens (tertiary/aromatic N) is 1. The lowest BCUT2D eigenvalue weighted by Crippen LogP contribution is -1.73. The van der Waals surface area contributed by atoms with Crippen molar-refractivity contribution in [3.05, 3.63) is 33.1 Å². The number of halogens is 1. The minimum absolute atomic E-state index is 0.774. The molecule has 1 nitrogen and oxygen atoms in total. The van der Waals surface area contributed by atoms with Gasteiger partial charge in [0.1, 0.15) is 10.9 Å². The first-order chi connectivity index (χ1) is 6.22. The van der Waals surface area contributed by atoms with Crippen LogP contribution in [0.4, 0.5) is 0 Å². The van der Waals surface area contributed by atoms with Crippen molar-refractivity contribution in [1.82, 2.24) is 0 Å². The summed E-state index contributed by atoms with van der Waals surface area (Å²) in [6, 6.07) is 8.15. The molecular formula is C10H6BrNS. The van der Waals surface area contributed by atoms with Gasteiger partial charge < -0.3 is 0 Å². The molecule has 0 unspecified atom stereocenters. The fourth-order valence-electron chi connectivity index (χ4n) is 1.27. The lowest BCUT2D eigenvalue weighted by atomic mass is 10.2. The van der Waals surface area contributed by atoms with Crippen LogP contribution in [0.2, 0.25) is 0 Å².